The van der Waals surface area contributed by atoms with Gasteiger partial charge >= 0.3 is 0 Å². The number of hydrogen-bond donors (Lipinski definition) is 0. The second kappa shape index (κ2) is 5.82. The lowest BCUT2D eigenvalue weighted by atomic mass is 10.1. The maximum Gasteiger partial charge on any atom is 0.226 e. The first-order chi connectivity index (χ1) is 11.6. The normalized spacial score (nSPS) is 17.6. The Morgan fingerprint density at radius 1 is 1.04 bits per heavy atom. The Morgan fingerprint density at radius 2 is 1.88 bits per heavy atom. The molecule has 0 amide bonds. The van der Waals surface area contributed by atoms with Crippen LogP contribution in [0.25, 0.3) is 22.2 Å². The molecule has 1 radical (unpaired) electrons. The molecule has 3 aromatic rings. The first kappa shape index (κ1) is 15.0. The summed E-state index contributed by atoms with van der Waals surface area (Å²) in [5, 5.41) is 0.705. The van der Waals surface area contributed by atoms with E-state index in [1.165, 1.54) is 6.07 Å². The van der Waals surface area contributed by atoms with Crippen LogP contribution in [0.15, 0.2) is 42.5 Å². The molecule has 1 unspecified atom stereocenters. The third-order valence-electron chi connectivity index (χ3n) is 4.37. The Morgan fingerprint density at radius 3 is 2.67 bits per heavy atom. The van der Waals surface area contributed by atoms with Gasteiger partial charge in [-0.25, -0.2) is 18.7 Å². The van der Waals surface area contributed by atoms with Gasteiger partial charge in [0.2, 0.25) is 5.95 Å². The van der Waals surface area contributed by atoms with E-state index in [1.54, 1.807) is 6.07 Å². The van der Waals surface area contributed by atoms with E-state index in [9.17, 15) is 8.78 Å². The number of rotatable bonds is 2. The molecule has 0 spiro atoms. The third-order valence-corrected chi connectivity index (χ3v) is 4.37. The number of nitrogens with zero attached hydrogens (tertiary/aromatic N) is 3. The smallest absolute Gasteiger partial charge is 0.226 e. The maximum atomic E-state index is 14.3. The average Bonchev–Trinajstić information content (AvgIpc) is 3.03. The highest BCUT2D eigenvalue weighted by Crippen LogP contribution is 2.32. The second-order valence-corrected chi connectivity index (χ2v) is 6.09. The largest absolute Gasteiger partial charge is 0.341 e. The Kier molecular flexibility index (Phi) is 3.63. The number of hydrogen-bond acceptors (Lipinski definition) is 3. The Hall–Kier alpha value is -2.56. The van der Waals surface area contributed by atoms with Gasteiger partial charge in [-0.2, -0.15) is 0 Å². The molecule has 1 atom stereocenters. The van der Waals surface area contributed by atoms with Crippen molar-refractivity contribution in [1.29, 1.82) is 0 Å². The van der Waals surface area contributed by atoms with Gasteiger partial charge in [0.15, 0.2) is 11.6 Å². The molecular formula is C19H16F2N3. The van der Waals surface area contributed by atoms with Crippen LogP contribution in [0.5, 0.6) is 0 Å². The van der Waals surface area contributed by atoms with Crippen molar-refractivity contribution in [2.45, 2.75) is 6.42 Å². The van der Waals surface area contributed by atoms with Gasteiger partial charge < -0.3 is 4.90 Å². The lowest BCUT2D eigenvalue weighted by Crippen LogP contribution is -2.22. The van der Waals surface area contributed by atoms with Crippen molar-refractivity contribution in [3.8, 4) is 11.3 Å². The monoisotopic (exact) mass is 324 g/mol. The summed E-state index contributed by atoms with van der Waals surface area (Å²) in [6.07, 6.45) is 0.972. The minimum absolute atomic E-state index is 0.153. The summed E-state index contributed by atoms with van der Waals surface area (Å²) < 4.78 is 28.0. The van der Waals surface area contributed by atoms with E-state index in [0.717, 1.165) is 25.6 Å². The number of halogens is 2. The predicted molar refractivity (Wildman–Crippen MR) is 90.6 cm³/mol. The van der Waals surface area contributed by atoms with Crippen LogP contribution in [0.3, 0.4) is 0 Å². The number of fused-ring (bicyclic) bond motifs is 1. The van der Waals surface area contributed by atoms with E-state index in [-0.39, 0.29) is 5.56 Å². The zero-order valence-electron chi connectivity index (χ0n) is 13.0. The van der Waals surface area contributed by atoms with Crippen LogP contribution in [0.4, 0.5) is 14.7 Å². The van der Waals surface area contributed by atoms with E-state index >= 15 is 0 Å². The number of para-hydroxylation sites is 1. The topological polar surface area (TPSA) is 29.0 Å². The summed E-state index contributed by atoms with van der Waals surface area (Å²) in [7, 11) is 0. The van der Waals surface area contributed by atoms with Crippen molar-refractivity contribution in [3.05, 3.63) is 61.0 Å². The minimum atomic E-state index is -0.885. The average molecular weight is 324 g/mol. The molecule has 4 rings (SSSR count). The summed E-state index contributed by atoms with van der Waals surface area (Å²) in [6.45, 7) is 5.66. The molecule has 0 saturated carbocycles. The number of aromatic nitrogens is 2. The molecule has 0 N–H and O–H groups in total. The summed E-state index contributed by atoms with van der Waals surface area (Å²) in [5.74, 6) is -0.896. The van der Waals surface area contributed by atoms with Crippen molar-refractivity contribution >= 4 is 16.9 Å². The molecule has 121 valence electrons. The molecule has 5 heteroatoms. The van der Waals surface area contributed by atoms with Crippen LogP contribution in [0, 0.1) is 24.5 Å². The highest BCUT2D eigenvalue weighted by molar-refractivity contribution is 5.93. The van der Waals surface area contributed by atoms with Gasteiger partial charge in [0, 0.05) is 24.0 Å². The van der Waals surface area contributed by atoms with Gasteiger partial charge in [0.1, 0.15) is 0 Å². The van der Waals surface area contributed by atoms with Crippen LogP contribution in [-0.2, 0) is 0 Å². The number of anilines is 1. The van der Waals surface area contributed by atoms with Gasteiger partial charge in [-0.15, -0.1) is 0 Å². The van der Waals surface area contributed by atoms with Gasteiger partial charge in [0.25, 0.3) is 0 Å². The molecule has 1 saturated heterocycles. The molecule has 24 heavy (non-hydrogen) atoms. The molecule has 3 nitrogen and oxygen atoms in total. The van der Waals surface area contributed by atoms with Crippen molar-refractivity contribution in [1.82, 2.24) is 9.97 Å². The van der Waals surface area contributed by atoms with Gasteiger partial charge in [0.05, 0.1) is 11.2 Å². The summed E-state index contributed by atoms with van der Waals surface area (Å²) >= 11 is 0. The zero-order valence-corrected chi connectivity index (χ0v) is 13.0. The lowest BCUT2D eigenvalue weighted by molar-refractivity contribution is 0.511. The first-order valence-corrected chi connectivity index (χ1v) is 7.92. The molecular weight excluding hydrogens is 308 g/mol. The molecule has 0 aliphatic carbocycles. The van der Waals surface area contributed by atoms with E-state index in [4.69, 9.17) is 0 Å². The molecule has 2 aromatic carbocycles. The van der Waals surface area contributed by atoms with E-state index < -0.39 is 11.6 Å². The van der Waals surface area contributed by atoms with Gasteiger partial charge in [-0.3, -0.25) is 0 Å². The second-order valence-electron chi connectivity index (χ2n) is 6.09. The fourth-order valence-electron chi connectivity index (χ4n) is 3.11. The quantitative estimate of drug-likeness (QED) is 0.706. The van der Waals surface area contributed by atoms with Crippen molar-refractivity contribution in [2.24, 2.45) is 5.92 Å². The highest BCUT2D eigenvalue weighted by Gasteiger charge is 2.23. The van der Waals surface area contributed by atoms with Crippen molar-refractivity contribution in [2.75, 3.05) is 18.0 Å². The Labute approximate surface area is 139 Å². The summed E-state index contributed by atoms with van der Waals surface area (Å²) in [6, 6.07) is 11.5. The molecule has 1 aliphatic heterocycles. The Bertz CT molecular complexity index is 910. The van der Waals surface area contributed by atoms with Crippen LogP contribution in [0.2, 0.25) is 0 Å². The van der Waals surface area contributed by atoms with E-state index in [1.807, 2.05) is 29.2 Å². The Balaban J connectivity index is 1.94. The van der Waals surface area contributed by atoms with Crippen LogP contribution < -0.4 is 4.90 Å². The highest BCUT2D eigenvalue weighted by atomic mass is 19.2. The molecule has 1 aromatic heterocycles. The standard InChI is InChI=1S/C19H16F2N3/c1-12-9-10-24(11-12)19-22-16-8-3-2-5-13(16)18(23-19)14-6-4-7-15(20)17(14)21/h2-8,12H,1,9-11H2. The minimum Gasteiger partial charge on any atom is -0.341 e. The van der Waals surface area contributed by atoms with Crippen LogP contribution in [-0.4, -0.2) is 23.1 Å². The summed E-state index contributed by atoms with van der Waals surface area (Å²) in [4.78, 5) is 11.2. The zero-order chi connectivity index (χ0) is 16.7. The van der Waals surface area contributed by atoms with Gasteiger partial charge in [-0.1, -0.05) is 24.3 Å². The molecule has 0 bridgehead atoms. The van der Waals surface area contributed by atoms with E-state index in [2.05, 4.69) is 16.9 Å². The molecule has 1 fully saturated rings. The predicted octanol–water partition coefficient (Wildman–Crippen LogP) is 4.24. The van der Waals surface area contributed by atoms with Crippen molar-refractivity contribution in [3.63, 3.8) is 0 Å². The third kappa shape index (κ3) is 2.50. The SMILES string of the molecule is [CH2]C1CCN(c2nc(-c3cccc(F)c3F)c3ccccc3n2)C1. The fraction of sp³-hybridized carbons (Fsp3) is 0.211. The van der Waals surface area contributed by atoms with E-state index in [0.29, 0.717) is 28.5 Å². The maximum absolute atomic E-state index is 14.3. The summed E-state index contributed by atoms with van der Waals surface area (Å²) in [5.41, 5.74) is 1.29. The lowest BCUT2D eigenvalue weighted by Gasteiger charge is -2.18. The van der Waals surface area contributed by atoms with Crippen LogP contribution >= 0.6 is 0 Å². The number of benzene rings is 2. The fourth-order valence-corrected chi connectivity index (χ4v) is 3.11. The molecule has 1 aliphatic rings. The van der Waals surface area contributed by atoms with Gasteiger partial charge in [-0.05, 0) is 37.5 Å². The first-order valence-electron chi connectivity index (χ1n) is 7.92. The van der Waals surface area contributed by atoms with Crippen molar-refractivity contribution < 1.29 is 8.78 Å². The molecule has 2 heterocycles. The van der Waals surface area contributed by atoms with Crippen LogP contribution in [0.1, 0.15) is 6.42 Å².